The molecule has 1 saturated carbocycles. The Morgan fingerprint density at radius 3 is 2.93 bits per heavy atom. The Kier molecular flexibility index (Phi) is 1.83. The third-order valence-electron chi connectivity index (χ3n) is 3.18. The highest BCUT2D eigenvalue weighted by Gasteiger charge is 2.29. The maximum atomic E-state index is 5.78. The Morgan fingerprint density at radius 2 is 2.27 bits per heavy atom. The first-order valence-electron chi connectivity index (χ1n) is 5.46. The monoisotopic (exact) mass is 201 g/mol. The van der Waals surface area contributed by atoms with Crippen LogP contribution in [0.15, 0.2) is 18.2 Å². The quantitative estimate of drug-likeness (QED) is 0.806. The summed E-state index contributed by atoms with van der Waals surface area (Å²) in [5.74, 6) is 0.715. The highest BCUT2D eigenvalue weighted by molar-refractivity contribution is 5.86. The van der Waals surface area contributed by atoms with E-state index in [1.807, 2.05) is 17.8 Å². The molecule has 1 aliphatic rings. The molecule has 2 N–H and O–H groups in total. The Bertz CT molecular complexity index is 509. The summed E-state index contributed by atoms with van der Waals surface area (Å²) >= 11 is 0. The molecule has 0 aliphatic heterocycles. The lowest BCUT2D eigenvalue weighted by atomic mass is 10.1. The lowest BCUT2D eigenvalue weighted by molar-refractivity contribution is 0.723. The van der Waals surface area contributed by atoms with Gasteiger partial charge in [-0.3, -0.25) is 4.68 Å². The van der Waals surface area contributed by atoms with Crippen LogP contribution in [-0.4, -0.2) is 9.78 Å². The van der Waals surface area contributed by atoms with Crippen molar-refractivity contribution in [1.29, 1.82) is 0 Å². The van der Waals surface area contributed by atoms with Gasteiger partial charge < -0.3 is 5.73 Å². The van der Waals surface area contributed by atoms with Crippen LogP contribution in [-0.2, 0) is 13.6 Å². The van der Waals surface area contributed by atoms with E-state index >= 15 is 0 Å². The van der Waals surface area contributed by atoms with Gasteiger partial charge in [0.25, 0.3) is 0 Å². The summed E-state index contributed by atoms with van der Waals surface area (Å²) in [7, 11) is 2.04. The number of aromatic nitrogens is 2. The first-order chi connectivity index (χ1) is 7.31. The minimum atomic E-state index is 0.600. The second-order valence-electron chi connectivity index (χ2n) is 4.30. The zero-order valence-electron chi connectivity index (χ0n) is 8.90. The standard InChI is InChI=1S/C12H15N3/c1-15-12(8-5-6-8)11-9(7-13)3-2-4-10(11)14-15/h2-4,8H,5-7,13H2,1H3. The zero-order chi connectivity index (χ0) is 10.4. The van der Waals surface area contributed by atoms with Crippen LogP contribution in [0.3, 0.4) is 0 Å². The minimum absolute atomic E-state index is 0.600. The SMILES string of the molecule is Cn1nc2cccc(CN)c2c1C1CC1. The maximum absolute atomic E-state index is 5.78. The van der Waals surface area contributed by atoms with Gasteiger partial charge in [0.05, 0.1) is 5.52 Å². The van der Waals surface area contributed by atoms with Gasteiger partial charge in [-0.05, 0) is 24.5 Å². The van der Waals surface area contributed by atoms with Crippen LogP contribution < -0.4 is 5.73 Å². The number of aryl methyl sites for hydroxylation is 1. The van der Waals surface area contributed by atoms with Gasteiger partial charge in [-0.25, -0.2) is 0 Å². The lowest BCUT2D eigenvalue weighted by Crippen LogP contribution is -1.99. The predicted octanol–water partition coefficient (Wildman–Crippen LogP) is 1.91. The van der Waals surface area contributed by atoms with Crippen molar-refractivity contribution >= 4 is 10.9 Å². The molecule has 3 nitrogen and oxygen atoms in total. The Balaban J connectivity index is 2.35. The molecule has 0 unspecified atom stereocenters. The van der Waals surface area contributed by atoms with Crippen molar-refractivity contribution in [3.63, 3.8) is 0 Å². The average Bonchev–Trinajstić information content (AvgIpc) is 3.00. The van der Waals surface area contributed by atoms with Crippen molar-refractivity contribution < 1.29 is 0 Å². The molecular weight excluding hydrogens is 186 g/mol. The van der Waals surface area contributed by atoms with E-state index in [9.17, 15) is 0 Å². The number of rotatable bonds is 2. The largest absolute Gasteiger partial charge is 0.326 e. The molecule has 1 aromatic heterocycles. The van der Waals surface area contributed by atoms with E-state index in [0.29, 0.717) is 12.5 Å². The molecule has 1 heterocycles. The summed E-state index contributed by atoms with van der Waals surface area (Å²) in [6.07, 6.45) is 2.60. The first-order valence-corrected chi connectivity index (χ1v) is 5.46. The molecule has 15 heavy (non-hydrogen) atoms. The highest BCUT2D eigenvalue weighted by atomic mass is 15.3. The van der Waals surface area contributed by atoms with Gasteiger partial charge >= 0.3 is 0 Å². The van der Waals surface area contributed by atoms with Crippen LogP contribution in [0.5, 0.6) is 0 Å². The summed E-state index contributed by atoms with van der Waals surface area (Å²) in [6, 6.07) is 6.21. The van der Waals surface area contributed by atoms with Crippen molar-refractivity contribution in [2.75, 3.05) is 0 Å². The van der Waals surface area contributed by atoms with Crippen LogP contribution in [0.1, 0.15) is 30.0 Å². The number of fused-ring (bicyclic) bond motifs is 1. The molecule has 0 saturated heterocycles. The molecule has 0 atom stereocenters. The van der Waals surface area contributed by atoms with E-state index in [1.54, 1.807) is 0 Å². The maximum Gasteiger partial charge on any atom is 0.0929 e. The molecule has 1 aromatic carbocycles. The molecule has 1 fully saturated rings. The van der Waals surface area contributed by atoms with Crippen molar-refractivity contribution in [2.24, 2.45) is 12.8 Å². The fourth-order valence-corrected chi connectivity index (χ4v) is 2.34. The highest BCUT2D eigenvalue weighted by Crippen LogP contribution is 2.43. The number of nitrogens with zero attached hydrogens (tertiary/aromatic N) is 2. The van der Waals surface area contributed by atoms with Gasteiger partial charge in [-0.2, -0.15) is 5.10 Å². The van der Waals surface area contributed by atoms with Crippen LogP contribution in [0.25, 0.3) is 10.9 Å². The smallest absolute Gasteiger partial charge is 0.0929 e. The predicted molar refractivity (Wildman–Crippen MR) is 60.6 cm³/mol. The molecule has 3 rings (SSSR count). The van der Waals surface area contributed by atoms with Crippen molar-refractivity contribution in [1.82, 2.24) is 9.78 Å². The van der Waals surface area contributed by atoms with Gasteiger partial charge in [-0.15, -0.1) is 0 Å². The second kappa shape index (κ2) is 3.07. The fraction of sp³-hybridized carbons (Fsp3) is 0.417. The average molecular weight is 201 g/mol. The van der Waals surface area contributed by atoms with E-state index in [1.165, 1.54) is 29.5 Å². The van der Waals surface area contributed by atoms with Gasteiger partial charge in [0.15, 0.2) is 0 Å². The number of benzene rings is 1. The third kappa shape index (κ3) is 1.27. The van der Waals surface area contributed by atoms with Gasteiger partial charge in [0.2, 0.25) is 0 Å². The van der Waals surface area contributed by atoms with Crippen molar-refractivity contribution in [3.8, 4) is 0 Å². The molecule has 2 aromatic rings. The fourth-order valence-electron chi connectivity index (χ4n) is 2.34. The van der Waals surface area contributed by atoms with Gasteiger partial charge in [0.1, 0.15) is 0 Å². The normalized spacial score (nSPS) is 16.1. The minimum Gasteiger partial charge on any atom is -0.326 e. The van der Waals surface area contributed by atoms with E-state index in [0.717, 1.165) is 5.52 Å². The van der Waals surface area contributed by atoms with E-state index < -0.39 is 0 Å². The molecule has 1 aliphatic carbocycles. The van der Waals surface area contributed by atoms with Crippen LogP contribution >= 0.6 is 0 Å². The topological polar surface area (TPSA) is 43.8 Å². The third-order valence-corrected chi connectivity index (χ3v) is 3.18. The molecule has 0 amide bonds. The summed E-state index contributed by atoms with van der Waals surface area (Å²) in [6.45, 7) is 0.600. The lowest BCUT2D eigenvalue weighted by Gasteiger charge is -2.03. The molecule has 78 valence electrons. The van der Waals surface area contributed by atoms with Crippen LogP contribution in [0, 0.1) is 0 Å². The number of hydrogen-bond acceptors (Lipinski definition) is 2. The zero-order valence-corrected chi connectivity index (χ0v) is 8.90. The van der Waals surface area contributed by atoms with Crippen molar-refractivity contribution in [2.45, 2.75) is 25.3 Å². The van der Waals surface area contributed by atoms with E-state index in [2.05, 4.69) is 17.2 Å². The van der Waals surface area contributed by atoms with Gasteiger partial charge in [-0.1, -0.05) is 12.1 Å². The molecule has 0 radical (unpaired) electrons. The van der Waals surface area contributed by atoms with E-state index in [4.69, 9.17) is 5.73 Å². The van der Waals surface area contributed by atoms with Crippen LogP contribution in [0.2, 0.25) is 0 Å². The molecule has 0 bridgehead atoms. The Labute approximate surface area is 88.9 Å². The molecule has 3 heteroatoms. The molecular formula is C12H15N3. The molecule has 0 spiro atoms. The first kappa shape index (κ1) is 8.92. The number of hydrogen-bond donors (Lipinski definition) is 1. The second-order valence-corrected chi connectivity index (χ2v) is 4.30. The summed E-state index contributed by atoms with van der Waals surface area (Å²) < 4.78 is 2.03. The van der Waals surface area contributed by atoms with E-state index in [-0.39, 0.29) is 0 Å². The summed E-state index contributed by atoms with van der Waals surface area (Å²) in [5, 5.41) is 5.84. The number of nitrogens with two attached hydrogens (primary N) is 1. The summed E-state index contributed by atoms with van der Waals surface area (Å²) in [4.78, 5) is 0. The van der Waals surface area contributed by atoms with Gasteiger partial charge in [0, 0.05) is 30.6 Å². The van der Waals surface area contributed by atoms with Crippen LogP contribution in [0.4, 0.5) is 0 Å². The summed E-state index contributed by atoms with van der Waals surface area (Å²) in [5.41, 5.74) is 9.47. The Hall–Kier alpha value is -1.35. The van der Waals surface area contributed by atoms with Crippen molar-refractivity contribution in [3.05, 3.63) is 29.5 Å². The Morgan fingerprint density at radius 1 is 1.47 bits per heavy atom.